The van der Waals surface area contributed by atoms with Crippen molar-refractivity contribution in [3.63, 3.8) is 0 Å². The molecule has 1 heterocycles. The number of carbonyl (C=O) groups is 1. The predicted molar refractivity (Wildman–Crippen MR) is 82.7 cm³/mol. The Morgan fingerprint density at radius 1 is 1.29 bits per heavy atom. The number of aromatic nitrogens is 1. The van der Waals surface area contributed by atoms with E-state index < -0.39 is 0 Å². The molecule has 3 heteroatoms. The van der Waals surface area contributed by atoms with E-state index in [4.69, 9.17) is 4.74 Å². The number of hydrogen-bond donors (Lipinski definition) is 1. The van der Waals surface area contributed by atoms with Crippen LogP contribution >= 0.6 is 0 Å². The van der Waals surface area contributed by atoms with Crippen molar-refractivity contribution in [3.05, 3.63) is 30.0 Å². The van der Waals surface area contributed by atoms with Crippen molar-refractivity contribution in [2.45, 2.75) is 32.6 Å². The Morgan fingerprint density at radius 2 is 2.05 bits per heavy atom. The van der Waals surface area contributed by atoms with Gasteiger partial charge in [-0.25, -0.2) is 0 Å². The fraction of sp³-hybridized carbons (Fsp3) is 0.500. The molecule has 0 saturated heterocycles. The Balaban J connectivity index is 1.71. The maximum Gasteiger partial charge on any atom is 0.168 e. The summed E-state index contributed by atoms with van der Waals surface area (Å²) in [5.41, 5.74) is 1.82. The quantitative estimate of drug-likeness (QED) is 0.855. The Labute approximate surface area is 124 Å². The van der Waals surface area contributed by atoms with E-state index in [1.807, 2.05) is 31.3 Å². The Bertz CT molecular complexity index is 676. The van der Waals surface area contributed by atoms with Crippen LogP contribution in [0.25, 0.3) is 10.9 Å². The van der Waals surface area contributed by atoms with Crippen LogP contribution in [-0.2, 0) is 0 Å². The van der Waals surface area contributed by atoms with Gasteiger partial charge in [0.2, 0.25) is 0 Å². The minimum atomic E-state index is 0.265. The highest BCUT2D eigenvalue weighted by molar-refractivity contribution is 6.12. The average Bonchev–Trinajstić information content (AvgIpc) is 3.07. The van der Waals surface area contributed by atoms with E-state index in [0.717, 1.165) is 22.2 Å². The maximum absolute atomic E-state index is 12.9. The third-order valence-electron chi connectivity index (χ3n) is 5.19. The van der Waals surface area contributed by atoms with Crippen LogP contribution in [0.1, 0.15) is 43.0 Å². The molecule has 1 aromatic heterocycles. The third-order valence-corrected chi connectivity index (χ3v) is 5.19. The Morgan fingerprint density at radius 3 is 2.76 bits per heavy atom. The fourth-order valence-electron chi connectivity index (χ4n) is 4.18. The summed E-state index contributed by atoms with van der Waals surface area (Å²) >= 11 is 0. The summed E-state index contributed by atoms with van der Waals surface area (Å²) in [6.45, 7) is 2.59. The molecule has 0 aliphatic heterocycles. The molecule has 4 rings (SSSR count). The molecule has 2 saturated carbocycles. The van der Waals surface area contributed by atoms with Crippen molar-refractivity contribution in [1.29, 1.82) is 0 Å². The first-order valence-corrected chi connectivity index (χ1v) is 8.08. The van der Waals surface area contributed by atoms with Gasteiger partial charge >= 0.3 is 0 Å². The summed E-state index contributed by atoms with van der Waals surface area (Å²) in [7, 11) is 0. The molecule has 110 valence electrons. The lowest BCUT2D eigenvalue weighted by molar-refractivity contribution is 0.0958. The van der Waals surface area contributed by atoms with Crippen LogP contribution in [-0.4, -0.2) is 17.4 Å². The molecular weight excluding hydrogens is 262 g/mol. The molecule has 0 bridgehead atoms. The smallest absolute Gasteiger partial charge is 0.168 e. The van der Waals surface area contributed by atoms with Crippen LogP contribution < -0.4 is 4.74 Å². The maximum atomic E-state index is 12.9. The number of aromatic amines is 1. The molecule has 2 fully saturated rings. The lowest BCUT2D eigenvalue weighted by Gasteiger charge is -2.06. The number of H-pyrrole nitrogens is 1. The van der Waals surface area contributed by atoms with Crippen LogP contribution in [0.2, 0.25) is 0 Å². The molecule has 0 spiro atoms. The average molecular weight is 283 g/mol. The van der Waals surface area contributed by atoms with Gasteiger partial charge in [-0.05, 0) is 43.7 Å². The number of fused-ring (bicyclic) bond motifs is 2. The van der Waals surface area contributed by atoms with Crippen LogP contribution in [0.15, 0.2) is 24.4 Å². The second-order valence-corrected chi connectivity index (χ2v) is 6.32. The SMILES string of the molecule is CCOc1cccc2[nH]cc(C(=O)C3C4CCCCC43)c12. The van der Waals surface area contributed by atoms with Gasteiger partial charge in [0.15, 0.2) is 5.78 Å². The minimum absolute atomic E-state index is 0.265. The summed E-state index contributed by atoms with van der Waals surface area (Å²) < 4.78 is 5.71. The van der Waals surface area contributed by atoms with Gasteiger partial charge in [-0.1, -0.05) is 18.9 Å². The molecule has 2 aromatic rings. The van der Waals surface area contributed by atoms with Crippen LogP contribution in [0.3, 0.4) is 0 Å². The summed E-state index contributed by atoms with van der Waals surface area (Å²) in [6, 6.07) is 5.93. The van der Waals surface area contributed by atoms with Crippen molar-refractivity contribution in [2.75, 3.05) is 6.61 Å². The van der Waals surface area contributed by atoms with Crippen LogP contribution in [0, 0.1) is 17.8 Å². The largest absolute Gasteiger partial charge is 0.493 e. The zero-order chi connectivity index (χ0) is 14.4. The molecule has 2 atom stereocenters. The predicted octanol–water partition coefficient (Wildman–Crippen LogP) is 4.19. The van der Waals surface area contributed by atoms with E-state index in [-0.39, 0.29) is 5.92 Å². The molecule has 0 amide bonds. The molecule has 1 N–H and O–H groups in total. The number of benzene rings is 1. The van der Waals surface area contributed by atoms with Gasteiger partial charge < -0.3 is 9.72 Å². The zero-order valence-electron chi connectivity index (χ0n) is 12.4. The molecule has 2 aliphatic carbocycles. The molecule has 21 heavy (non-hydrogen) atoms. The summed E-state index contributed by atoms with van der Waals surface area (Å²) in [5.74, 6) is 2.71. The van der Waals surface area contributed by atoms with Gasteiger partial charge in [0, 0.05) is 23.2 Å². The lowest BCUT2D eigenvalue weighted by atomic mass is 10.0. The van der Waals surface area contributed by atoms with Crippen molar-refractivity contribution in [1.82, 2.24) is 4.98 Å². The summed E-state index contributed by atoms with van der Waals surface area (Å²) in [4.78, 5) is 16.2. The van der Waals surface area contributed by atoms with Gasteiger partial charge in [0.05, 0.1) is 12.0 Å². The van der Waals surface area contributed by atoms with E-state index in [9.17, 15) is 4.79 Å². The molecule has 2 aliphatic rings. The number of carbonyl (C=O) groups excluding carboxylic acids is 1. The fourth-order valence-corrected chi connectivity index (χ4v) is 4.18. The van der Waals surface area contributed by atoms with Crippen molar-refractivity contribution < 1.29 is 9.53 Å². The normalized spacial score (nSPS) is 27.4. The highest BCUT2D eigenvalue weighted by Gasteiger charge is 2.54. The monoisotopic (exact) mass is 283 g/mol. The Kier molecular flexibility index (Phi) is 3.02. The minimum Gasteiger partial charge on any atom is -0.493 e. The number of ether oxygens (including phenoxy) is 1. The highest BCUT2D eigenvalue weighted by atomic mass is 16.5. The van der Waals surface area contributed by atoms with Gasteiger partial charge in [0.1, 0.15) is 5.75 Å². The number of rotatable bonds is 4. The zero-order valence-corrected chi connectivity index (χ0v) is 12.4. The second kappa shape index (κ2) is 4.90. The van der Waals surface area contributed by atoms with Crippen molar-refractivity contribution >= 4 is 16.7 Å². The van der Waals surface area contributed by atoms with Gasteiger partial charge in [0.25, 0.3) is 0 Å². The summed E-state index contributed by atoms with van der Waals surface area (Å²) in [6.07, 6.45) is 6.94. The van der Waals surface area contributed by atoms with Gasteiger partial charge in [-0.2, -0.15) is 0 Å². The summed E-state index contributed by atoms with van der Waals surface area (Å²) in [5, 5.41) is 0.966. The molecule has 2 unspecified atom stereocenters. The van der Waals surface area contributed by atoms with Crippen LogP contribution in [0.4, 0.5) is 0 Å². The second-order valence-electron chi connectivity index (χ2n) is 6.32. The standard InChI is InChI=1S/C18H21NO2/c1-2-21-15-9-5-8-14-17(15)13(10-19-14)18(20)16-11-6-3-4-7-12(11)16/h5,8-12,16,19H,2-4,6-7H2,1H3. The van der Waals surface area contributed by atoms with Gasteiger partial charge in [-0.15, -0.1) is 0 Å². The van der Waals surface area contributed by atoms with E-state index in [2.05, 4.69) is 4.98 Å². The number of Topliss-reactive ketones (excluding diaryl/α,β-unsaturated/α-hetero) is 1. The van der Waals surface area contributed by atoms with E-state index in [1.54, 1.807) is 0 Å². The van der Waals surface area contributed by atoms with E-state index in [0.29, 0.717) is 24.2 Å². The van der Waals surface area contributed by atoms with E-state index >= 15 is 0 Å². The first-order chi connectivity index (χ1) is 10.3. The Hall–Kier alpha value is -1.77. The number of ketones is 1. The van der Waals surface area contributed by atoms with Gasteiger partial charge in [-0.3, -0.25) is 4.79 Å². The van der Waals surface area contributed by atoms with Crippen LogP contribution in [0.5, 0.6) is 5.75 Å². The molecular formula is C18H21NO2. The first kappa shape index (κ1) is 12.9. The topological polar surface area (TPSA) is 42.1 Å². The van der Waals surface area contributed by atoms with Crippen molar-refractivity contribution in [2.24, 2.45) is 17.8 Å². The third kappa shape index (κ3) is 1.98. The molecule has 0 radical (unpaired) electrons. The van der Waals surface area contributed by atoms with E-state index in [1.165, 1.54) is 25.7 Å². The molecule has 3 nitrogen and oxygen atoms in total. The lowest BCUT2D eigenvalue weighted by Crippen LogP contribution is -2.04. The first-order valence-electron chi connectivity index (χ1n) is 8.08. The number of hydrogen-bond acceptors (Lipinski definition) is 2. The highest BCUT2D eigenvalue weighted by Crippen LogP contribution is 2.57. The van der Waals surface area contributed by atoms with Crippen molar-refractivity contribution in [3.8, 4) is 5.75 Å². The molecule has 1 aromatic carbocycles. The number of nitrogens with one attached hydrogen (secondary N) is 1.